The van der Waals surface area contributed by atoms with E-state index >= 15 is 0 Å². The van der Waals surface area contributed by atoms with Crippen LogP contribution in [0.2, 0.25) is 0 Å². The molecule has 160 valence electrons. The first-order chi connectivity index (χ1) is 14.5. The van der Waals surface area contributed by atoms with Crippen LogP contribution in [0.4, 0.5) is 0 Å². The van der Waals surface area contributed by atoms with Crippen molar-refractivity contribution < 1.29 is 14.1 Å². The van der Waals surface area contributed by atoms with Gasteiger partial charge >= 0.3 is 0 Å². The predicted molar refractivity (Wildman–Crippen MR) is 110 cm³/mol. The third-order valence-corrected chi connectivity index (χ3v) is 6.43. The number of aryl methyl sites for hydroxylation is 3. The molecule has 2 aromatic heterocycles. The van der Waals surface area contributed by atoms with Crippen molar-refractivity contribution in [1.29, 1.82) is 0 Å². The molecule has 0 radical (unpaired) electrons. The Labute approximate surface area is 176 Å². The minimum absolute atomic E-state index is 0.00351. The summed E-state index contributed by atoms with van der Waals surface area (Å²) in [6.45, 7) is 7.59. The molecule has 0 saturated carbocycles. The van der Waals surface area contributed by atoms with Gasteiger partial charge in [0, 0.05) is 31.9 Å². The number of carbonyl (C=O) groups excluding carboxylic acids is 2. The number of hydrogen-bond donors (Lipinski definition) is 0. The molecule has 2 aliphatic rings. The molecule has 2 amide bonds. The molecule has 8 nitrogen and oxygen atoms in total. The van der Waals surface area contributed by atoms with E-state index in [1.54, 1.807) is 26.2 Å². The molecule has 4 rings (SSSR count). The van der Waals surface area contributed by atoms with E-state index in [1.165, 1.54) is 0 Å². The third-order valence-electron chi connectivity index (χ3n) is 6.43. The Morgan fingerprint density at radius 2 is 1.73 bits per heavy atom. The second-order valence-corrected chi connectivity index (χ2v) is 8.43. The van der Waals surface area contributed by atoms with E-state index < -0.39 is 0 Å². The topological polar surface area (TPSA) is 92.4 Å². The summed E-state index contributed by atoms with van der Waals surface area (Å²) >= 11 is 0. The smallest absolute Gasteiger partial charge is 0.274 e. The second kappa shape index (κ2) is 8.53. The summed E-state index contributed by atoms with van der Waals surface area (Å²) in [7, 11) is 0. The Morgan fingerprint density at radius 3 is 2.37 bits per heavy atom. The molecule has 0 bridgehead atoms. The SMILES string of the molecule is Cc1cnc(C(=O)N2CCCC[C@@H]2C2CCN(C(=O)c3c(C)noc3C)CC2)cn1. The van der Waals surface area contributed by atoms with Crippen LogP contribution in [0.5, 0.6) is 0 Å². The molecule has 2 aromatic rings. The number of hydrogen-bond acceptors (Lipinski definition) is 6. The van der Waals surface area contributed by atoms with E-state index in [9.17, 15) is 9.59 Å². The Kier molecular flexibility index (Phi) is 5.83. The predicted octanol–water partition coefficient (Wildman–Crippen LogP) is 2.94. The van der Waals surface area contributed by atoms with Crippen molar-refractivity contribution in [3.8, 4) is 0 Å². The minimum Gasteiger partial charge on any atom is -0.361 e. The lowest BCUT2D eigenvalue weighted by molar-refractivity contribution is 0.0369. The molecular formula is C22H29N5O3. The molecule has 0 aromatic carbocycles. The first-order valence-corrected chi connectivity index (χ1v) is 10.8. The summed E-state index contributed by atoms with van der Waals surface area (Å²) in [5, 5.41) is 3.91. The molecular weight excluding hydrogens is 382 g/mol. The molecule has 2 saturated heterocycles. The molecule has 8 heteroatoms. The molecule has 2 aliphatic heterocycles. The van der Waals surface area contributed by atoms with Gasteiger partial charge in [0.2, 0.25) is 0 Å². The quantitative estimate of drug-likeness (QED) is 0.771. The number of amides is 2. The number of likely N-dealkylation sites (tertiary alicyclic amines) is 2. The lowest BCUT2D eigenvalue weighted by Crippen LogP contribution is -2.51. The standard InChI is InChI=1S/C22H29N5O3/c1-14-12-24-18(13-23-14)21(28)27-9-5-4-6-19(27)17-7-10-26(11-8-17)22(29)20-15(2)25-30-16(20)3/h12-13,17,19H,4-11H2,1-3H3/t19-/m1/s1. The highest BCUT2D eigenvalue weighted by atomic mass is 16.5. The maximum Gasteiger partial charge on any atom is 0.274 e. The van der Waals surface area contributed by atoms with Crippen LogP contribution in [0.3, 0.4) is 0 Å². The Hall–Kier alpha value is -2.77. The summed E-state index contributed by atoms with van der Waals surface area (Å²) in [5.74, 6) is 0.932. The highest BCUT2D eigenvalue weighted by Crippen LogP contribution is 2.32. The number of piperidine rings is 2. The van der Waals surface area contributed by atoms with E-state index in [4.69, 9.17) is 4.52 Å². The zero-order valence-electron chi connectivity index (χ0n) is 17.9. The number of rotatable bonds is 3. The Morgan fingerprint density at radius 1 is 0.967 bits per heavy atom. The maximum atomic E-state index is 13.1. The van der Waals surface area contributed by atoms with Crippen LogP contribution in [0.15, 0.2) is 16.9 Å². The molecule has 2 fully saturated rings. The van der Waals surface area contributed by atoms with E-state index in [0.29, 0.717) is 41.7 Å². The van der Waals surface area contributed by atoms with Crippen LogP contribution in [-0.4, -0.2) is 62.4 Å². The number of carbonyl (C=O) groups is 2. The largest absolute Gasteiger partial charge is 0.361 e. The van der Waals surface area contributed by atoms with Gasteiger partial charge in [0.15, 0.2) is 0 Å². The highest BCUT2D eigenvalue weighted by molar-refractivity contribution is 5.96. The zero-order chi connectivity index (χ0) is 21.3. The van der Waals surface area contributed by atoms with Gasteiger partial charge in [0.25, 0.3) is 11.8 Å². The maximum absolute atomic E-state index is 13.1. The minimum atomic E-state index is -0.0265. The fraction of sp³-hybridized carbons (Fsp3) is 0.591. The van der Waals surface area contributed by atoms with Gasteiger partial charge in [-0.3, -0.25) is 14.6 Å². The van der Waals surface area contributed by atoms with Crippen molar-refractivity contribution >= 4 is 11.8 Å². The first-order valence-electron chi connectivity index (χ1n) is 10.8. The fourth-order valence-electron chi connectivity index (χ4n) is 4.78. The van der Waals surface area contributed by atoms with Gasteiger partial charge < -0.3 is 14.3 Å². The van der Waals surface area contributed by atoms with Gasteiger partial charge in [-0.05, 0) is 58.8 Å². The normalized spacial score (nSPS) is 20.4. The summed E-state index contributed by atoms with van der Waals surface area (Å²) in [4.78, 5) is 38.4. The fourth-order valence-corrected chi connectivity index (χ4v) is 4.78. The van der Waals surface area contributed by atoms with Gasteiger partial charge in [-0.2, -0.15) is 0 Å². The first kappa shape index (κ1) is 20.5. The van der Waals surface area contributed by atoms with Crippen LogP contribution in [0.25, 0.3) is 0 Å². The summed E-state index contributed by atoms with van der Waals surface area (Å²) < 4.78 is 5.16. The average Bonchev–Trinajstić information content (AvgIpc) is 3.11. The lowest BCUT2D eigenvalue weighted by Gasteiger charge is -2.43. The average molecular weight is 412 g/mol. The molecule has 0 unspecified atom stereocenters. The Bertz CT molecular complexity index is 896. The van der Waals surface area contributed by atoms with Crippen LogP contribution in [-0.2, 0) is 0 Å². The lowest BCUT2D eigenvalue weighted by atomic mass is 9.83. The molecule has 30 heavy (non-hydrogen) atoms. The van der Waals surface area contributed by atoms with Crippen molar-refractivity contribution in [2.24, 2.45) is 5.92 Å². The van der Waals surface area contributed by atoms with Crippen molar-refractivity contribution in [1.82, 2.24) is 24.9 Å². The number of aromatic nitrogens is 3. The summed E-state index contributed by atoms with van der Waals surface area (Å²) in [6.07, 6.45) is 8.16. The summed E-state index contributed by atoms with van der Waals surface area (Å²) in [6, 6.07) is 0.200. The van der Waals surface area contributed by atoms with Gasteiger partial charge in [-0.25, -0.2) is 4.98 Å². The van der Waals surface area contributed by atoms with E-state index in [1.807, 2.05) is 16.7 Å². The molecule has 4 heterocycles. The van der Waals surface area contributed by atoms with Crippen molar-refractivity contribution in [2.75, 3.05) is 19.6 Å². The van der Waals surface area contributed by atoms with E-state index in [2.05, 4.69) is 15.1 Å². The molecule has 1 atom stereocenters. The van der Waals surface area contributed by atoms with Crippen LogP contribution >= 0.6 is 0 Å². The van der Waals surface area contributed by atoms with Crippen LogP contribution in [0.1, 0.15) is 70.1 Å². The van der Waals surface area contributed by atoms with Crippen molar-refractivity contribution in [2.45, 2.75) is 58.9 Å². The van der Waals surface area contributed by atoms with Crippen LogP contribution < -0.4 is 0 Å². The molecule has 0 spiro atoms. The van der Waals surface area contributed by atoms with Gasteiger partial charge in [-0.15, -0.1) is 0 Å². The van der Waals surface area contributed by atoms with E-state index in [-0.39, 0.29) is 17.9 Å². The molecule has 0 aliphatic carbocycles. The van der Waals surface area contributed by atoms with E-state index in [0.717, 1.165) is 44.3 Å². The second-order valence-electron chi connectivity index (χ2n) is 8.43. The van der Waals surface area contributed by atoms with Gasteiger partial charge in [0.1, 0.15) is 17.0 Å². The Balaban J connectivity index is 1.43. The highest BCUT2D eigenvalue weighted by Gasteiger charge is 2.37. The van der Waals surface area contributed by atoms with Crippen LogP contribution in [0, 0.1) is 26.7 Å². The summed E-state index contributed by atoms with van der Waals surface area (Å²) in [5.41, 5.74) is 2.44. The van der Waals surface area contributed by atoms with Gasteiger partial charge in [-0.1, -0.05) is 5.16 Å². The van der Waals surface area contributed by atoms with Crippen molar-refractivity contribution in [3.63, 3.8) is 0 Å². The molecule has 0 N–H and O–H groups in total. The zero-order valence-corrected chi connectivity index (χ0v) is 17.9. The number of nitrogens with zero attached hydrogens (tertiary/aromatic N) is 5. The monoisotopic (exact) mass is 411 g/mol. The third kappa shape index (κ3) is 3.95. The van der Waals surface area contributed by atoms with Crippen molar-refractivity contribution in [3.05, 3.63) is 40.8 Å². The van der Waals surface area contributed by atoms with Gasteiger partial charge in [0.05, 0.1) is 17.6 Å².